The molecule has 1 atom stereocenters. The first-order valence-corrected chi connectivity index (χ1v) is 6.53. The number of likely N-dealkylation sites (tertiary alicyclic amines) is 1. The third-order valence-electron chi connectivity index (χ3n) is 3.80. The van der Waals surface area contributed by atoms with Gasteiger partial charge in [-0.3, -0.25) is 9.30 Å². The second kappa shape index (κ2) is 4.66. The molecule has 1 aliphatic rings. The SMILES string of the molecule is CN1CCCCC1c1nnc2cc(CN)ccn12. The normalized spacial score (nSPS) is 21.6. The first kappa shape index (κ1) is 11.6. The van der Waals surface area contributed by atoms with E-state index in [4.69, 9.17) is 5.73 Å². The van der Waals surface area contributed by atoms with E-state index < -0.39 is 0 Å². The molecule has 2 aromatic heterocycles. The molecule has 2 aromatic rings. The number of fused-ring (bicyclic) bond motifs is 1. The van der Waals surface area contributed by atoms with E-state index in [2.05, 4.69) is 26.5 Å². The molecular formula is C13H19N5. The van der Waals surface area contributed by atoms with E-state index in [-0.39, 0.29) is 0 Å². The maximum atomic E-state index is 5.65. The van der Waals surface area contributed by atoms with Gasteiger partial charge in [0.05, 0.1) is 6.04 Å². The molecule has 0 bridgehead atoms. The Morgan fingerprint density at radius 2 is 2.28 bits per heavy atom. The van der Waals surface area contributed by atoms with Crippen molar-refractivity contribution in [2.45, 2.75) is 31.8 Å². The van der Waals surface area contributed by atoms with Gasteiger partial charge in [-0.05, 0) is 44.1 Å². The average Bonchev–Trinajstić information content (AvgIpc) is 2.82. The van der Waals surface area contributed by atoms with Gasteiger partial charge in [0.25, 0.3) is 0 Å². The minimum absolute atomic E-state index is 0.387. The van der Waals surface area contributed by atoms with Crippen LogP contribution < -0.4 is 5.73 Å². The molecule has 5 heteroatoms. The minimum Gasteiger partial charge on any atom is -0.326 e. The number of aromatic nitrogens is 3. The topological polar surface area (TPSA) is 59.5 Å². The smallest absolute Gasteiger partial charge is 0.161 e. The van der Waals surface area contributed by atoms with Gasteiger partial charge in [-0.15, -0.1) is 10.2 Å². The van der Waals surface area contributed by atoms with E-state index in [1.165, 1.54) is 12.8 Å². The first-order valence-electron chi connectivity index (χ1n) is 6.53. The molecule has 1 fully saturated rings. The highest BCUT2D eigenvalue weighted by atomic mass is 15.3. The predicted octanol–water partition coefficient (Wildman–Crippen LogP) is 1.34. The Hall–Kier alpha value is -1.46. The molecule has 3 heterocycles. The van der Waals surface area contributed by atoms with E-state index in [1.54, 1.807) is 0 Å². The van der Waals surface area contributed by atoms with Crippen molar-refractivity contribution < 1.29 is 0 Å². The van der Waals surface area contributed by atoms with Crippen LogP contribution in [0.3, 0.4) is 0 Å². The van der Waals surface area contributed by atoms with Gasteiger partial charge in [-0.25, -0.2) is 0 Å². The van der Waals surface area contributed by atoms with Crippen LogP contribution in [-0.2, 0) is 6.54 Å². The fourth-order valence-corrected chi connectivity index (χ4v) is 2.71. The monoisotopic (exact) mass is 245 g/mol. The Balaban J connectivity index is 2.01. The summed E-state index contributed by atoms with van der Waals surface area (Å²) in [6.45, 7) is 1.68. The molecule has 5 nitrogen and oxygen atoms in total. The molecule has 0 saturated carbocycles. The van der Waals surface area contributed by atoms with Crippen LogP contribution in [-0.4, -0.2) is 33.1 Å². The van der Waals surface area contributed by atoms with Gasteiger partial charge in [0.15, 0.2) is 11.5 Å². The number of nitrogens with zero attached hydrogens (tertiary/aromatic N) is 4. The standard InChI is InChI=1S/C13H19N5/c1-17-6-3-2-4-11(17)13-16-15-12-8-10(9-14)5-7-18(12)13/h5,7-8,11H,2-4,6,9,14H2,1H3. The summed E-state index contributed by atoms with van der Waals surface area (Å²) in [5.41, 5.74) is 7.64. The van der Waals surface area contributed by atoms with Crippen LogP contribution in [0.25, 0.3) is 5.65 Å². The van der Waals surface area contributed by atoms with Crippen molar-refractivity contribution in [3.8, 4) is 0 Å². The third kappa shape index (κ3) is 1.89. The van der Waals surface area contributed by atoms with E-state index in [0.717, 1.165) is 30.0 Å². The van der Waals surface area contributed by atoms with Gasteiger partial charge in [0.1, 0.15) is 0 Å². The van der Waals surface area contributed by atoms with Crippen LogP contribution in [0.4, 0.5) is 0 Å². The molecule has 0 spiro atoms. The third-order valence-corrected chi connectivity index (χ3v) is 3.80. The number of hydrogen-bond acceptors (Lipinski definition) is 4. The van der Waals surface area contributed by atoms with E-state index >= 15 is 0 Å². The maximum absolute atomic E-state index is 5.65. The molecule has 96 valence electrons. The summed E-state index contributed by atoms with van der Waals surface area (Å²) < 4.78 is 2.09. The Bertz CT molecular complexity index is 547. The van der Waals surface area contributed by atoms with Gasteiger partial charge in [0.2, 0.25) is 0 Å². The molecule has 18 heavy (non-hydrogen) atoms. The molecule has 0 amide bonds. The molecular weight excluding hydrogens is 226 g/mol. The first-order chi connectivity index (χ1) is 8.79. The fourth-order valence-electron chi connectivity index (χ4n) is 2.71. The quantitative estimate of drug-likeness (QED) is 0.867. The number of hydrogen-bond donors (Lipinski definition) is 1. The van der Waals surface area contributed by atoms with Crippen LogP contribution in [0.1, 0.15) is 36.7 Å². The van der Waals surface area contributed by atoms with E-state index in [9.17, 15) is 0 Å². The van der Waals surface area contributed by atoms with Crippen molar-refractivity contribution in [3.05, 3.63) is 29.7 Å². The maximum Gasteiger partial charge on any atom is 0.161 e. The molecule has 0 aliphatic carbocycles. The molecule has 1 unspecified atom stereocenters. The Morgan fingerprint density at radius 3 is 3.06 bits per heavy atom. The van der Waals surface area contributed by atoms with Crippen LogP contribution in [0.5, 0.6) is 0 Å². The second-order valence-electron chi connectivity index (χ2n) is 5.02. The summed E-state index contributed by atoms with van der Waals surface area (Å²) in [5, 5.41) is 8.64. The highest BCUT2D eigenvalue weighted by molar-refractivity contribution is 5.41. The van der Waals surface area contributed by atoms with Crippen LogP contribution in [0.2, 0.25) is 0 Å². The summed E-state index contributed by atoms with van der Waals surface area (Å²) >= 11 is 0. The van der Waals surface area contributed by atoms with Gasteiger partial charge in [-0.1, -0.05) is 6.42 Å². The van der Waals surface area contributed by atoms with Crippen molar-refractivity contribution in [3.63, 3.8) is 0 Å². The number of rotatable bonds is 2. The zero-order valence-corrected chi connectivity index (χ0v) is 10.7. The zero-order valence-electron chi connectivity index (χ0n) is 10.7. The average molecular weight is 245 g/mol. The highest BCUT2D eigenvalue weighted by Crippen LogP contribution is 2.28. The lowest BCUT2D eigenvalue weighted by molar-refractivity contribution is 0.178. The van der Waals surface area contributed by atoms with Gasteiger partial charge in [-0.2, -0.15) is 0 Å². The van der Waals surface area contributed by atoms with Crippen molar-refractivity contribution >= 4 is 5.65 Å². The summed E-state index contributed by atoms with van der Waals surface area (Å²) in [6.07, 6.45) is 5.75. The van der Waals surface area contributed by atoms with Gasteiger partial charge < -0.3 is 5.73 Å². The number of pyridine rings is 1. The summed E-state index contributed by atoms with van der Waals surface area (Å²) in [5.74, 6) is 1.05. The molecule has 3 rings (SSSR count). The van der Waals surface area contributed by atoms with Gasteiger partial charge >= 0.3 is 0 Å². The molecule has 1 saturated heterocycles. The van der Waals surface area contributed by atoms with E-state index in [0.29, 0.717) is 12.6 Å². The zero-order chi connectivity index (χ0) is 12.5. The predicted molar refractivity (Wildman–Crippen MR) is 70.1 cm³/mol. The summed E-state index contributed by atoms with van der Waals surface area (Å²) in [7, 11) is 2.17. The minimum atomic E-state index is 0.387. The molecule has 0 aromatic carbocycles. The van der Waals surface area contributed by atoms with Crippen molar-refractivity contribution in [2.24, 2.45) is 5.73 Å². The summed E-state index contributed by atoms with van der Waals surface area (Å²) in [4.78, 5) is 2.37. The summed E-state index contributed by atoms with van der Waals surface area (Å²) in [6, 6.07) is 4.44. The van der Waals surface area contributed by atoms with E-state index in [1.807, 2.05) is 18.3 Å². The van der Waals surface area contributed by atoms with Crippen molar-refractivity contribution in [1.29, 1.82) is 0 Å². The molecule has 0 radical (unpaired) electrons. The molecule has 2 N–H and O–H groups in total. The van der Waals surface area contributed by atoms with Crippen molar-refractivity contribution in [2.75, 3.05) is 13.6 Å². The largest absolute Gasteiger partial charge is 0.326 e. The molecule has 1 aliphatic heterocycles. The Morgan fingerprint density at radius 1 is 1.39 bits per heavy atom. The van der Waals surface area contributed by atoms with Crippen LogP contribution in [0, 0.1) is 0 Å². The van der Waals surface area contributed by atoms with Crippen LogP contribution >= 0.6 is 0 Å². The van der Waals surface area contributed by atoms with Crippen LogP contribution in [0.15, 0.2) is 18.3 Å². The van der Waals surface area contributed by atoms with Crippen molar-refractivity contribution in [1.82, 2.24) is 19.5 Å². The number of nitrogens with two attached hydrogens (primary N) is 1. The highest BCUT2D eigenvalue weighted by Gasteiger charge is 2.24. The fraction of sp³-hybridized carbons (Fsp3) is 0.538. The number of piperidine rings is 1. The van der Waals surface area contributed by atoms with Gasteiger partial charge in [0, 0.05) is 12.7 Å². The Kier molecular flexibility index (Phi) is 3.01. The lowest BCUT2D eigenvalue weighted by atomic mass is 10.0. The lowest BCUT2D eigenvalue weighted by Gasteiger charge is -2.31. The second-order valence-corrected chi connectivity index (χ2v) is 5.02. The Labute approximate surface area is 107 Å². The lowest BCUT2D eigenvalue weighted by Crippen LogP contribution is -2.30.